The Morgan fingerprint density at radius 3 is 1.65 bits per heavy atom. The van der Waals surface area contributed by atoms with E-state index >= 15 is 0 Å². The van der Waals surface area contributed by atoms with Gasteiger partial charge in [-0.15, -0.1) is 12.8 Å². The summed E-state index contributed by atoms with van der Waals surface area (Å²) < 4.78 is 18.2. The van der Waals surface area contributed by atoms with Crippen LogP contribution in [0.15, 0.2) is 0 Å². The highest BCUT2D eigenvalue weighted by atomic mass is 28.4. The lowest BCUT2D eigenvalue weighted by Crippen LogP contribution is -2.57. The molecule has 0 unspecified atom stereocenters. The van der Waals surface area contributed by atoms with Crippen LogP contribution in [0.3, 0.4) is 0 Å². The van der Waals surface area contributed by atoms with Gasteiger partial charge in [-0.3, -0.25) is 0 Å². The van der Waals surface area contributed by atoms with Crippen LogP contribution in [0.1, 0.15) is 53.4 Å². The summed E-state index contributed by atoms with van der Waals surface area (Å²) in [6, 6.07) is 0. The molecule has 0 radical (unpaired) electrons. The summed E-state index contributed by atoms with van der Waals surface area (Å²) in [7, 11) is -1.29. The quantitative estimate of drug-likeness (QED) is 0.555. The molecule has 1 saturated carbocycles. The third-order valence-corrected chi connectivity index (χ3v) is 7.37. The van der Waals surface area contributed by atoms with Gasteiger partial charge in [-0.25, -0.2) is 0 Å². The summed E-state index contributed by atoms with van der Waals surface area (Å²) in [4.78, 5) is 0. The minimum Gasteiger partial charge on any atom is -0.377 e. The molecule has 0 aliphatic heterocycles. The van der Waals surface area contributed by atoms with E-state index in [0.717, 1.165) is 12.8 Å². The van der Waals surface area contributed by atoms with E-state index in [1.165, 1.54) is 12.8 Å². The highest BCUT2D eigenvalue weighted by Crippen LogP contribution is 2.43. The summed E-state index contributed by atoms with van der Waals surface area (Å²) in [5.74, 6) is 5.32. The third-order valence-electron chi connectivity index (χ3n) is 3.63. The molecule has 1 aliphatic rings. The fourth-order valence-corrected chi connectivity index (χ4v) is 6.02. The van der Waals surface area contributed by atoms with Gasteiger partial charge >= 0.3 is 8.80 Å². The van der Waals surface area contributed by atoms with Crippen LogP contribution in [-0.2, 0) is 13.3 Å². The zero-order valence-corrected chi connectivity index (χ0v) is 14.3. The maximum atomic E-state index is 6.21. The lowest BCUT2D eigenvalue weighted by atomic mass is 10.2. The molecule has 0 amide bonds. The molecule has 1 fully saturated rings. The van der Waals surface area contributed by atoms with Gasteiger partial charge in [0.15, 0.2) is 0 Å². The fourth-order valence-electron chi connectivity index (χ4n) is 2.49. The smallest absolute Gasteiger partial charge is 0.377 e. The topological polar surface area (TPSA) is 27.7 Å². The summed E-state index contributed by atoms with van der Waals surface area (Å²) in [6.07, 6.45) is 15.5. The van der Waals surface area contributed by atoms with Crippen LogP contribution in [0, 0.1) is 24.7 Å². The molecule has 0 aromatic rings. The van der Waals surface area contributed by atoms with Gasteiger partial charge in [0.05, 0.1) is 0 Å². The minimum absolute atomic E-state index is 0.271. The van der Waals surface area contributed by atoms with E-state index in [1.807, 2.05) is 27.7 Å². The minimum atomic E-state index is -2.93. The molecule has 3 nitrogen and oxygen atoms in total. The molecule has 0 aromatic heterocycles. The summed E-state index contributed by atoms with van der Waals surface area (Å²) in [5, 5.41) is 0. The Bertz CT molecular complexity index is 380. The first-order chi connectivity index (χ1) is 9.20. The van der Waals surface area contributed by atoms with Crippen molar-refractivity contribution >= 4 is 8.80 Å². The highest BCUT2D eigenvalue weighted by Gasteiger charge is 2.55. The average molecular weight is 294 g/mol. The van der Waals surface area contributed by atoms with Crippen molar-refractivity contribution in [1.82, 2.24) is 0 Å². The van der Waals surface area contributed by atoms with Crippen LogP contribution >= 0.6 is 0 Å². The second-order valence-electron chi connectivity index (χ2n) is 6.30. The van der Waals surface area contributed by atoms with E-state index in [1.54, 1.807) is 7.11 Å². The second-order valence-corrected chi connectivity index (χ2v) is 9.14. The van der Waals surface area contributed by atoms with Crippen molar-refractivity contribution in [2.75, 3.05) is 7.11 Å². The zero-order chi connectivity index (χ0) is 15.4. The first-order valence-electron chi connectivity index (χ1n) is 7.11. The van der Waals surface area contributed by atoms with Gasteiger partial charge < -0.3 is 13.3 Å². The van der Waals surface area contributed by atoms with Crippen molar-refractivity contribution in [2.24, 2.45) is 0 Å². The van der Waals surface area contributed by atoms with Gasteiger partial charge in [0.2, 0.25) is 0 Å². The van der Waals surface area contributed by atoms with Crippen LogP contribution in [0.25, 0.3) is 0 Å². The second kappa shape index (κ2) is 6.33. The number of terminal acetylenes is 2. The normalized spacial score (nSPS) is 17.8. The Hall–Kier alpha value is -0.783. The van der Waals surface area contributed by atoms with Gasteiger partial charge in [0.1, 0.15) is 11.2 Å². The number of hydrogen-bond acceptors (Lipinski definition) is 3. The molecule has 0 bridgehead atoms. The van der Waals surface area contributed by atoms with E-state index in [2.05, 4.69) is 11.8 Å². The van der Waals surface area contributed by atoms with Gasteiger partial charge in [-0.1, -0.05) is 24.7 Å². The molecule has 0 N–H and O–H groups in total. The van der Waals surface area contributed by atoms with E-state index in [0.29, 0.717) is 0 Å². The van der Waals surface area contributed by atoms with Crippen LogP contribution in [-0.4, -0.2) is 27.1 Å². The summed E-state index contributed by atoms with van der Waals surface area (Å²) in [5.41, 5.74) is -1.18. The highest BCUT2D eigenvalue weighted by molar-refractivity contribution is 6.62. The monoisotopic (exact) mass is 294 g/mol. The fraction of sp³-hybridized carbons (Fsp3) is 0.750. The molecule has 4 heteroatoms. The Morgan fingerprint density at radius 1 is 0.950 bits per heavy atom. The van der Waals surface area contributed by atoms with E-state index in [4.69, 9.17) is 26.1 Å². The summed E-state index contributed by atoms with van der Waals surface area (Å²) >= 11 is 0. The zero-order valence-electron chi connectivity index (χ0n) is 13.3. The van der Waals surface area contributed by atoms with Gasteiger partial charge in [-0.05, 0) is 40.5 Å². The molecular formula is C16H26O3Si. The van der Waals surface area contributed by atoms with E-state index < -0.39 is 20.0 Å². The van der Waals surface area contributed by atoms with Crippen LogP contribution in [0.4, 0.5) is 0 Å². The van der Waals surface area contributed by atoms with Crippen molar-refractivity contribution in [3.05, 3.63) is 0 Å². The molecule has 1 rings (SSSR count). The van der Waals surface area contributed by atoms with Gasteiger partial charge in [0, 0.05) is 12.7 Å². The molecule has 1 aliphatic carbocycles. The molecule has 20 heavy (non-hydrogen) atoms. The van der Waals surface area contributed by atoms with Crippen molar-refractivity contribution in [2.45, 2.75) is 70.1 Å². The Labute approximate surface area is 124 Å². The van der Waals surface area contributed by atoms with Crippen molar-refractivity contribution in [1.29, 1.82) is 0 Å². The molecular weight excluding hydrogens is 268 g/mol. The largest absolute Gasteiger partial charge is 0.506 e. The Morgan fingerprint density at radius 2 is 1.35 bits per heavy atom. The van der Waals surface area contributed by atoms with Crippen molar-refractivity contribution in [3.63, 3.8) is 0 Å². The SMILES string of the molecule is C#CC(C)(C)O[Si](OC)(OC(C)(C)C#C)C1CCCC1. The first-order valence-corrected chi connectivity index (χ1v) is 8.91. The van der Waals surface area contributed by atoms with Gasteiger partial charge in [0.25, 0.3) is 0 Å². The predicted molar refractivity (Wildman–Crippen MR) is 83.0 cm³/mol. The lowest BCUT2D eigenvalue weighted by molar-refractivity contribution is -0.0179. The van der Waals surface area contributed by atoms with Gasteiger partial charge in [-0.2, -0.15) is 0 Å². The maximum Gasteiger partial charge on any atom is 0.506 e. The molecule has 0 saturated heterocycles. The first kappa shape index (κ1) is 17.3. The summed E-state index contributed by atoms with van der Waals surface area (Å²) in [6.45, 7) is 7.42. The predicted octanol–water partition coefficient (Wildman–Crippen LogP) is 3.37. The lowest BCUT2D eigenvalue weighted by Gasteiger charge is -2.41. The standard InChI is InChI=1S/C16H26O3Si/c1-8-15(3,4)18-20(17-7,14-12-10-11-13-14)19-16(5,6)9-2/h1-2,14H,10-13H2,3-7H3. The Kier molecular flexibility index (Phi) is 5.46. The van der Waals surface area contributed by atoms with Crippen molar-refractivity contribution < 1.29 is 13.3 Å². The third kappa shape index (κ3) is 4.10. The van der Waals surface area contributed by atoms with E-state index in [9.17, 15) is 0 Å². The molecule has 0 spiro atoms. The number of rotatable bonds is 6. The van der Waals surface area contributed by atoms with E-state index in [-0.39, 0.29) is 5.54 Å². The molecule has 0 aromatic carbocycles. The maximum absolute atomic E-state index is 6.21. The number of hydrogen-bond donors (Lipinski definition) is 0. The molecule has 0 atom stereocenters. The van der Waals surface area contributed by atoms with Crippen molar-refractivity contribution in [3.8, 4) is 24.7 Å². The molecule has 0 heterocycles. The van der Waals surface area contributed by atoms with Crippen LogP contribution < -0.4 is 0 Å². The van der Waals surface area contributed by atoms with Crippen LogP contribution in [0.5, 0.6) is 0 Å². The van der Waals surface area contributed by atoms with Crippen LogP contribution in [0.2, 0.25) is 5.54 Å². The average Bonchev–Trinajstić information content (AvgIpc) is 2.92. The molecule has 112 valence electrons. The Balaban J connectivity index is 3.09.